The molecule has 0 radical (unpaired) electrons. The molecule has 1 rings (SSSR count). The summed E-state index contributed by atoms with van der Waals surface area (Å²) in [5.74, 6) is -0.765. The molecule has 1 aromatic carbocycles. The molecule has 0 N–H and O–H groups in total. The molecule has 0 aliphatic rings. The largest absolute Gasteiger partial charge is 0.196 e. The van der Waals surface area contributed by atoms with Gasteiger partial charge in [0, 0.05) is 10.6 Å². The predicted molar refractivity (Wildman–Crippen MR) is 45.4 cm³/mol. The van der Waals surface area contributed by atoms with E-state index in [1.807, 2.05) is 12.1 Å². The average molecular weight is 177 g/mol. The van der Waals surface area contributed by atoms with Crippen molar-refractivity contribution < 1.29 is 0 Å². The highest BCUT2D eigenvalue weighted by Gasteiger charge is 2.11. The minimum Gasteiger partial charge on any atom is -0.196 e. The van der Waals surface area contributed by atoms with E-state index in [9.17, 15) is 0 Å². The van der Waals surface area contributed by atoms with Gasteiger partial charge in [0.15, 0.2) is 5.92 Å². The first-order valence-corrected chi connectivity index (χ1v) is 3.71. The number of halogens is 1. The van der Waals surface area contributed by atoms with Gasteiger partial charge in [0.1, 0.15) is 0 Å². The van der Waals surface area contributed by atoms with Crippen LogP contribution in [0.1, 0.15) is 11.5 Å². The van der Waals surface area contributed by atoms with E-state index in [1.54, 1.807) is 24.3 Å². The minimum atomic E-state index is -0.765. The van der Waals surface area contributed by atoms with Crippen molar-refractivity contribution in [2.45, 2.75) is 5.92 Å². The maximum atomic E-state index is 8.57. The van der Waals surface area contributed by atoms with Gasteiger partial charge in [0.2, 0.25) is 0 Å². The molecule has 0 aromatic heterocycles. The van der Waals surface area contributed by atoms with E-state index in [2.05, 4.69) is 0 Å². The standard InChI is InChI=1S/C9H5ClN2/c10-9-4-2-1-3-8(9)7(5-11)6-12/h1-4,7H. The Balaban J connectivity index is 3.13. The van der Waals surface area contributed by atoms with Gasteiger partial charge in [-0.15, -0.1) is 0 Å². The summed E-state index contributed by atoms with van der Waals surface area (Å²) < 4.78 is 0. The number of rotatable bonds is 1. The van der Waals surface area contributed by atoms with Crippen molar-refractivity contribution in [3.05, 3.63) is 34.9 Å². The van der Waals surface area contributed by atoms with Gasteiger partial charge in [-0.25, -0.2) is 0 Å². The first kappa shape index (κ1) is 8.59. The normalized spacial score (nSPS) is 9.00. The lowest BCUT2D eigenvalue weighted by Crippen LogP contribution is -1.91. The molecule has 0 unspecified atom stereocenters. The van der Waals surface area contributed by atoms with Crippen LogP contribution in [0.5, 0.6) is 0 Å². The Morgan fingerprint density at radius 3 is 2.25 bits per heavy atom. The van der Waals surface area contributed by atoms with Crippen LogP contribution >= 0.6 is 11.6 Å². The zero-order chi connectivity index (χ0) is 8.97. The average Bonchev–Trinajstić information content (AvgIpc) is 2.10. The molecule has 0 saturated carbocycles. The molecule has 0 aliphatic heterocycles. The Bertz CT molecular complexity index is 346. The first-order chi connectivity index (χ1) is 5.79. The van der Waals surface area contributed by atoms with Crippen LogP contribution in [0.2, 0.25) is 5.02 Å². The number of nitrogens with zero attached hydrogens (tertiary/aromatic N) is 2. The van der Waals surface area contributed by atoms with Gasteiger partial charge in [-0.1, -0.05) is 29.8 Å². The van der Waals surface area contributed by atoms with Gasteiger partial charge in [-0.2, -0.15) is 10.5 Å². The molecule has 0 heterocycles. The molecule has 0 spiro atoms. The van der Waals surface area contributed by atoms with Crippen LogP contribution < -0.4 is 0 Å². The second kappa shape index (κ2) is 3.76. The van der Waals surface area contributed by atoms with E-state index < -0.39 is 5.92 Å². The number of nitriles is 2. The SMILES string of the molecule is N#CC(C#N)c1ccccc1Cl. The Morgan fingerprint density at radius 1 is 1.17 bits per heavy atom. The van der Waals surface area contributed by atoms with E-state index in [4.69, 9.17) is 22.1 Å². The maximum absolute atomic E-state index is 8.57. The predicted octanol–water partition coefficient (Wildman–Crippen LogP) is 2.47. The highest BCUT2D eigenvalue weighted by atomic mass is 35.5. The summed E-state index contributed by atoms with van der Waals surface area (Å²) in [7, 11) is 0. The summed E-state index contributed by atoms with van der Waals surface area (Å²) in [4.78, 5) is 0. The van der Waals surface area contributed by atoms with E-state index >= 15 is 0 Å². The Morgan fingerprint density at radius 2 is 1.75 bits per heavy atom. The lowest BCUT2D eigenvalue weighted by Gasteiger charge is -2.01. The Labute approximate surface area is 75.6 Å². The molecule has 2 nitrogen and oxygen atoms in total. The van der Waals surface area contributed by atoms with Crippen LogP contribution in [0, 0.1) is 22.7 Å². The van der Waals surface area contributed by atoms with Crippen LogP contribution in [-0.2, 0) is 0 Å². The fourth-order valence-electron chi connectivity index (χ4n) is 0.877. The van der Waals surface area contributed by atoms with Gasteiger partial charge in [-0.05, 0) is 6.07 Å². The third kappa shape index (κ3) is 1.56. The van der Waals surface area contributed by atoms with Crippen LogP contribution in [0.25, 0.3) is 0 Å². The van der Waals surface area contributed by atoms with Crippen LogP contribution in [-0.4, -0.2) is 0 Å². The van der Waals surface area contributed by atoms with Crippen molar-refractivity contribution in [1.82, 2.24) is 0 Å². The quantitative estimate of drug-likeness (QED) is 0.660. The molecule has 0 bridgehead atoms. The van der Waals surface area contributed by atoms with Crippen molar-refractivity contribution in [1.29, 1.82) is 10.5 Å². The lowest BCUT2D eigenvalue weighted by atomic mass is 10.0. The molecule has 1 aromatic rings. The molecule has 12 heavy (non-hydrogen) atoms. The van der Waals surface area contributed by atoms with Crippen molar-refractivity contribution in [2.75, 3.05) is 0 Å². The molecule has 3 heteroatoms. The van der Waals surface area contributed by atoms with Crippen LogP contribution in [0.3, 0.4) is 0 Å². The van der Waals surface area contributed by atoms with Crippen LogP contribution in [0.15, 0.2) is 24.3 Å². The number of hydrogen-bond acceptors (Lipinski definition) is 2. The minimum absolute atomic E-state index is 0.464. The van der Waals surface area contributed by atoms with Crippen molar-refractivity contribution in [3.63, 3.8) is 0 Å². The fourth-order valence-corrected chi connectivity index (χ4v) is 1.12. The van der Waals surface area contributed by atoms with Gasteiger partial charge in [-0.3, -0.25) is 0 Å². The smallest absolute Gasteiger partial charge is 0.159 e. The van der Waals surface area contributed by atoms with Crippen molar-refractivity contribution in [2.24, 2.45) is 0 Å². The Kier molecular flexibility index (Phi) is 2.69. The first-order valence-electron chi connectivity index (χ1n) is 3.33. The zero-order valence-electron chi connectivity index (χ0n) is 6.16. The highest BCUT2D eigenvalue weighted by molar-refractivity contribution is 6.31. The van der Waals surface area contributed by atoms with E-state index in [0.717, 1.165) is 0 Å². The lowest BCUT2D eigenvalue weighted by molar-refractivity contribution is 1.10. The summed E-state index contributed by atoms with van der Waals surface area (Å²) in [6, 6.07) is 10.6. The van der Waals surface area contributed by atoms with Gasteiger partial charge in [0.25, 0.3) is 0 Å². The van der Waals surface area contributed by atoms with E-state index in [1.165, 1.54) is 0 Å². The molecule has 0 saturated heterocycles. The number of benzene rings is 1. The molecular weight excluding hydrogens is 172 g/mol. The second-order valence-electron chi connectivity index (χ2n) is 2.21. The third-order valence-electron chi connectivity index (χ3n) is 1.47. The zero-order valence-corrected chi connectivity index (χ0v) is 6.92. The fraction of sp³-hybridized carbons (Fsp3) is 0.111. The summed E-state index contributed by atoms with van der Waals surface area (Å²) in [5, 5.41) is 17.6. The molecule has 0 aliphatic carbocycles. The van der Waals surface area contributed by atoms with Crippen LogP contribution in [0.4, 0.5) is 0 Å². The maximum Gasteiger partial charge on any atom is 0.159 e. The van der Waals surface area contributed by atoms with Crippen molar-refractivity contribution in [3.8, 4) is 12.1 Å². The molecular formula is C9H5ClN2. The number of hydrogen-bond donors (Lipinski definition) is 0. The molecule has 58 valence electrons. The summed E-state index contributed by atoms with van der Waals surface area (Å²) >= 11 is 5.77. The van der Waals surface area contributed by atoms with Gasteiger partial charge >= 0.3 is 0 Å². The second-order valence-corrected chi connectivity index (χ2v) is 2.62. The van der Waals surface area contributed by atoms with E-state index in [0.29, 0.717) is 10.6 Å². The Hall–Kier alpha value is -1.51. The summed E-state index contributed by atoms with van der Waals surface area (Å²) in [5.41, 5.74) is 0.573. The summed E-state index contributed by atoms with van der Waals surface area (Å²) in [6.07, 6.45) is 0. The molecule has 0 fully saturated rings. The van der Waals surface area contributed by atoms with Crippen molar-refractivity contribution >= 4 is 11.6 Å². The topological polar surface area (TPSA) is 47.6 Å². The van der Waals surface area contributed by atoms with Gasteiger partial charge in [0.05, 0.1) is 12.1 Å². The van der Waals surface area contributed by atoms with Gasteiger partial charge < -0.3 is 0 Å². The third-order valence-corrected chi connectivity index (χ3v) is 1.82. The van der Waals surface area contributed by atoms with E-state index in [-0.39, 0.29) is 0 Å². The molecule has 0 atom stereocenters. The molecule has 0 amide bonds. The monoisotopic (exact) mass is 176 g/mol. The summed E-state index contributed by atoms with van der Waals surface area (Å²) in [6.45, 7) is 0. The highest BCUT2D eigenvalue weighted by Crippen LogP contribution is 2.22.